The molecule has 0 unspecified atom stereocenters. The lowest BCUT2D eigenvalue weighted by Crippen LogP contribution is -2.32. The van der Waals surface area contributed by atoms with E-state index in [1.165, 1.54) is 11.6 Å². The van der Waals surface area contributed by atoms with Gasteiger partial charge >= 0.3 is 0 Å². The van der Waals surface area contributed by atoms with Gasteiger partial charge in [-0.25, -0.2) is 4.39 Å². The summed E-state index contributed by atoms with van der Waals surface area (Å²) in [5, 5.41) is 12.7. The molecule has 0 heterocycles. The summed E-state index contributed by atoms with van der Waals surface area (Å²) in [6, 6.07) is 15.5. The Morgan fingerprint density at radius 3 is 2.57 bits per heavy atom. The number of halogens is 2. The molecule has 0 aliphatic carbocycles. The van der Waals surface area contributed by atoms with Gasteiger partial charge in [-0.3, -0.25) is 0 Å². The van der Waals surface area contributed by atoms with Crippen molar-refractivity contribution in [3.63, 3.8) is 0 Å². The molecule has 2 nitrogen and oxygen atoms in total. The summed E-state index contributed by atoms with van der Waals surface area (Å²) in [6.45, 7) is 2.99. The topological polar surface area (TPSA) is 32.3 Å². The van der Waals surface area contributed by atoms with Crippen LogP contribution in [0.5, 0.6) is 0 Å². The molecule has 0 aliphatic rings. The number of aliphatic hydroxyl groups is 1. The number of nitrogens with one attached hydrogen (secondary N) is 1. The maximum Gasteiger partial charge on any atom is 0.127 e. The minimum atomic E-state index is -0.178. The maximum absolute atomic E-state index is 13.9. The second-order valence-corrected chi connectivity index (χ2v) is 6.78. The molecule has 0 amide bonds. The van der Waals surface area contributed by atoms with Crippen LogP contribution in [0.15, 0.2) is 53.0 Å². The Morgan fingerprint density at radius 2 is 1.91 bits per heavy atom. The number of rotatable bonds is 8. The second-order valence-electron chi connectivity index (χ2n) is 5.87. The Hall–Kier alpha value is -1.23. The molecule has 0 aliphatic heterocycles. The predicted molar refractivity (Wildman–Crippen MR) is 96.2 cm³/mol. The minimum absolute atomic E-state index is 0.163. The van der Waals surface area contributed by atoms with Crippen LogP contribution in [0.1, 0.15) is 30.4 Å². The van der Waals surface area contributed by atoms with Crippen molar-refractivity contribution in [1.29, 1.82) is 0 Å². The first-order chi connectivity index (χ1) is 11.1. The standard InChI is InChI=1S/C19H23BrFNO/c1-14(11-16-7-8-18(20)12-19(16)21)22-13-17(9-10-23)15-5-3-2-4-6-15/h2-8,12,14,17,22-23H,9-11,13H2,1H3/t14-,17+/m0/s1. The zero-order valence-electron chi connectivity index (χ0n) is 13.3. The van der Waals surface area contributed by atoms with Gasteiger partial charge in [0.2, 0.25) is 0 Å². The minimum Gasteiger partial charge on any atom is -0.396 e. The van der Waals surface area contributed by atoms with Gasteiger partial charge in [-0.1, -0.05) is 52.3 Å². The Morgan fingerprint density at radius 1 is 1.17 bits per heavy atom. The van der Waals surface area contributed by atoms with Crippen LogP contribution in [0.25, 0.3) is 0 Å². The van der Waals surface area contributed by atoms with Gasteiger partial charge < -0.3 is 10.4 Å². The van der Waals surface area contributed by atoms with Crippen molar-refractivity contribution in [2.24, 2.45) is 0 Å². The van der Waals surface area contributed by atoms with Crippen molar-refractivity contribution < 1.29 is 9.50 Å². The van der Waals surface area contributed by atoms with Crippen LogP contribution in [0.2, 0.25) is 0 Å². The molecule has 0 aromatic heterocycles. The lowest BCUT2D eigenvalue weighted by atomic mass is 9.95. The fourth-order valence-electron chi connectivity index (χ4n) is 2.70. The molecule has 0 saturated carbocycles. The number of aliphatic hydroxyl groups excluding tert-OH is 1. The highest BCUT2D eigenvalue weighted by molar-refractivity contribution is 9.10. The van der Waals surface area contributed by atoms with E-state index in [-0.39, 0.29) is 24.4 Å². The number of hydrogen-bond donors (Lipinski definition) is 2. The maximum atomic E-state index is 13.9. The first-order valence-electron chi connectivity index (χ1n) is 7.93. The van der Waals surface area contributed by atoms with Crippen LogP contribution in [0, 0.1) is 5.82 Å². The summed E-state index contributed by atoms with van der Waals surface area (Å²) in [5.41, 5.74) is 1.93. The Bertz CT molecular complexity index is 606. The smallest absolute Gasteiger partial charge is 0.127 e. The van der Waals surface area contributed by atoms with Gasteiger partial charge in [-0.2, -0.15) is 0 Å². The summed E-state index contributed by atoms with van der Waals surface area (Å²) in [6.07, 6.45) is 1.36. The van der Waals surface area contributed by atoms with E-state index in [0.29, 0.717) is 12.0 Å². The molecular weight excluding hydrogens is 357 g/mol. The third-order valence-electron chi connectivity index (χ3n) is 4.00. The first-order valence-corrected chi connectivity index (χ1v) is 8.72. The van der Waals surface area contributed by atoms with Crippen molar-refractivity contribution in [1.82, 2.24) is 5.32 Å². The van der Waals surface area contributed by atoms with Crippen molar-refractivity contribution in [2.45, 2.75) is 31.7 Å². The molecule has 23 heavy (non-hydrogen) atoms. The summed E-state index contributed by atoms with van der Waals surface area (Å²) in [5.74, 6) is 0.0846. The molecule has 0 fully saturated rings. The lowest BCUT2D eigenvalue weighted by molar-refractivity contribution is 0.272. The molecule has 2 atom stereocenters. The van der Waals surface area contributed by atoms with Gasteiger partial charge in [-0.05, 0) is 48.9 Å². The predicted octanol–water partition coefficient (Wildman–Crippen LogP) is 4.28. The van der Waals surface area contributed by atoms with Gasteiger partial charge in [0, 0.05) is 23.7 Å². The summed E-state index contributed by atoms with van der Waals surface area (Å²) >= 11 is 3.28. The number of hydrogen-bond acceptors (Lipinski definition) is 2. The van der Waals surface area contributed by atoms with Crippen molar-refractivity contribution >= 4 is 15.9 Å². The van der Waals surface area contributed by atoms with Gasteiger partial charge in [-0.15, -0.1) is 0 Å². The Kier molecular flexibility index (Phi) is 7.21. The van der Waals surface area contributed by atoms with Crippen LogP contribution in [0.3, 0.4) is 0 Å². The Labute approximate surface area is 145 Å². The fraction of sp³-hybridized carbons (Fsp3) is 0.368. The van der Waals surface area contributed by atoms with Crippen molar-refractivity contribution in [3.8, 4) is 0 Å². The molecule has 2 rings (SSSR count). The van der Waals surface area contributed by atoms with Crippen molar-refractivity contribution in [2.75, 3.05) is 13.2 Å². The molecule has 4 heteroatoms. The van der Waals surface area contributed by atoms with E-state index < -0.39 is 0 Å². The molecule has 124 valence electrons. The number of benzene rings is 2. The summed E-state index contributed by atoms with van der Waals surface area (Å²) in [4.78, 5) is 0. The molecule has 0 bridgehead atoms. The second kappa shape index (κ2) is 9.16. The van der Waals surface area contributed by atoms with Gasteiger partial charge in [0.25, 0.3) is 0 Å². The third-order valence-corrected chi connectivity index (χ3v) is 4.50. The van der Waals surface area contributed by atoms with Gasteiger partial charge in [0.1, 0.15) is 5.82 Å². The fourth-order valence-corrected chi connectivity index (χ4v) is 3.03. The highest BCUT2D eigenvalue weighted by Gasteiger charge is 2.13. The van der Waals surface area contributed by atoms with E-state index in [9.17, 15) is 9.50 Å². The highest BCUT2D eigenvalue weighted by atomic mass is 79.9. The van der Waals surface area contributed by atoms with Crippen LogP contribution < -0.4 is 5.32 Å². The zero-order chi connectivity index (χ0) is 16.7. The van der Waals surface area contributed by atoms with Crippen LogP contribution in [-0.4, -0.2) is 24.3 Å². The quantitative estimate of drug-likeness (QED) is 0.717. The SMILES string of the molecule is C[C@@H](Cc1ccc(Br)cc1F)NC[C@@H](CCO)c1ccccc1. The summed E-state index contributed by atoms with van der Waals surface area (Å²) in [7, 11) is 0. The van der Waals surface area contributed by atoms with Crippen molar-refractivity contribution in [3.05, 3.63) is 69.9 Å². The molecule has 0 radical (unpaired) electrons. The first kappa shape index (κ1) is 18.1. The van der Waals surface area contributed by atoms with Gasteiger partial charge in [0.15, 0.2) is 0 Å². The normalized spacial score (nSPS) is 13.7. The van der Waals surface area contributed by atoms with Crippen LogP contribution >= 0.6 is 15.9 Å². The van der Waals surface area contributed by atoms with E-state index >= 15 is 0 Å². The van der Waals surface area contributed by atoms with E-state index in [1.54, 1.807) is 0 Å². The average molecular weight is 380 g/mol. The van der Waals surface area contributed by atoms with E-state index in [1.807, 2.05) is 30.3 Å². The molecule has 0 spiro atoms. The Balaban J connectivity index is 1.92. The molecule has 2 aromatic rings. The monoisotopic (exact) mass is 379 g/mol. The molecular formula is C19H23BrFNO. The third kappa shape index (κ3) is 5.72. The summed E-state index contributed by atoms with van der Waals surface area (Å²) < 4.78 is 14.7. The molecule has 2 N–H and O–H groups in total. The van der Waals surface area contributed by atoms with E-state index in [4.69, 9.17) is 0 Å². The van der Waals surface area contributed by atoms with E-state index in [0.717, 1.165) is 17.4 Å². The largest absolute Gasteiger partial charge is 0.396 e. The molecule has 2 aromatic carbocycles. The lowest BCUT2D eigenvalue weighted by Gasteiger charge is -2.21. The average Bonchev–Trinajstić information content (AvgIpc) is 2.55. The van der Waals surface area contributed by atoms with Crippen LogP contribution in [-0.2, 0) is 6.42 Å². The highest BCUT2D eigenvalue weighted by Crippen LogP contribution is 2.19. The van der Waals surface area contributed by atoms with E-state index in [2.05, 4.69) is 40.3 Å². The molecule has 0 saturated heterocycles. The van der Waals surface area contributed by atoms with Gasteiger partial charge in [0.05, 0.1) is 0 Å². The zero-order valence-corrected chi connectivity index (χ0v) is 14.9. The van der Waals surface area contributed by atoms with Crippen LogP contribution in [0.4, 0.5) is 4.39 Å².